The van der Waals surface area contributed by atoms with Crippen LogP contribution in [0.2, 0.25) is 0 Å². The second kappa shape index (κ2) is 6.78. The van der Waals surface area contributed by atoms with E-state index in [4.69, 9.17) is 5.11 Å². The third-order valence-corrected chi connectivity index (χ3v) is 3.98. The molecule has 2 aromatic carbocycles. The van der Waals surface area contributed by atoms with E-state index >= 15 is 0 Å². The smallest absolute Gasteiger partial charge is 0.337 e. The van der Waals surface area contributed by atoms with E-state index in [0.717, 1.165) is 11.4 Å². The first-order valence-corrected chi connectivity index (χ1v) is 7.86. The van der Waals surface area contributed by atoms with Gasteiger partial charge < -0.3 is 15.5 Å². The standard InChI is InChI=1S/C19H19N3O3/c1-12-10-14(11-13(2)17(12)18(23)19(24)25)20-16-8-9-22(21-16)15-6-4-3-5-7-15/h3-11,18,23H,1-2H3,(H,20,21)(H,24,25). The number of benzene rings is 2. The summed E-state index contributed by atoms with van der Waals surface area (Å²) in [6.45, 7) is 3.56. The zero-order chi connectivity index (χ0) is 18.0. The summed E-state index contributed by atoms with van der Waals surface area (Å²) < 4.78 is 1.77. The van der Waals surface area contributed by atoms with Gasteiger partial charge in [-0.05, 0) is 54.8 Å². The lowest BCUT2D eigenvalue weighted by Gasteiger charge is -2.15. The number of carbonyl (C=O) groups is 1. The first kappa shape index (κ1) is 16.7. The van der Waals surface area contributed by atoms with Crippen LogP contribution in [0.1, 0.15) is 22.8 Å². The molecule has 1 heterocycles. The van der Waals surface area contributed by atoms with Crippen LogP contribution in [0.15, 0.2) is 54.7 Å². The van der Waals surface area contributed by atoms with E-state index in [1.807, 2.05) is 42.6 Å². The summed E-state index contributed by atoms with van der Waals surface area (Å²) in [6, 6.07) is 15.2. The Hall–Kier alpha value is -3.12. The Labute approximate surface area is 145 Å². The largest absolute Gasteiger partial charge is 0.479 e. The van der Waals surface area contributed by atoms with Gasteiger partial charge in [0.05, 0.1) is 5.69 Å². The quantitative estimate of drug-likeness (QED) is 0.664. The minimum atomic E-state index is -1.52. The van der Waals surface area contributed by atoms with Crippen LogP contribution in [0.3, 0.4) is 0 Å². The summed E-state index contributed by atoms with van der Waals surface area (Å²) in [6.07, 6.45) is 0.339. The molecule has 3 rings (SSSR count). The highest BCUT2D eigenvalue weighted by molar-refractivity contribution is 5.76. The molecule has 1 atom stereocenters. The van der Waals surface area contributed by atoms with Crippen molar-refractivity contribution in [2.75, 3.05) is 5.32 Å². The van der Waals surface area contributed by atoms with Crippen LogP contribution >= 0.6 is 0 Å². The lowest BCUT2D eigenvalue weighted by Crippen LogP contribution is -2.13. The second-order valence-electron chi connectivity index (χ2n) is 5.87. The number of nitrogens with zero attached hydrogens (tertiary/aromatic N) is 2. The molecule has 25 heavy (non-hydrogen) atoms. The molecular weight excluding hydrogens is 318 g/mol. The average Bonchev–Trinajstić information content (AvgIpc) is 3.03. The molecule has 0 bridgehead atoms. The molecule has 128 valence electrons. The summed E-state index contributed by atoms with van der Waals surface area (Å²) in [5.41, 5.74) is 3.59. The summed E-state index contributed by atoms with van der Waals surface area (Å²) >= 11 is 0. The van der Waals surface area contributed by atoms with Gasteiger partial charge in [0.1, 0.15) is 0 Å². The molecular formula is C19H19N3O3. The van der Waals surface area contributed by atoms with Crippen molar-refractivity contribution in [3.63, 3.8) is 0 Å². The molecule has 0 spiro atoms. The topological polar surface area (TPSA) is 87.4 Å². The van der Waals surface area contributed by atoms with Gasteiger partial charge in [-0.15, -0.1) is 0 Å². The van der Waals surface area contributed by atoms with E-state index in [1.165, 1.54) is 0 Å². The second-order valence-corrected chi connectivity index (χ2v) is 5.87. The maximum Gasteiger partial charge on any atom is 0.337 e. The Morgan fingerprint density at radius 3 is 2.36 bits per heavy atom. The third kappa shape index (κ3) is 3.54. The first-order valence-electron chi connectivity index (χ1n) is 7.86. The minimum Gasteiger partial charge on any atom is -0.479 e. The van der Waals surface area contributed by atoms with Crippen LogP contribution in [0.5, 0.6) is 0 Å². The van der Waals surface area contributed by atoms with Crippen molar-refractivity contribution >= 4 is 17.5 Å². The number of nitrogens with one attached hydrogen (secondary N) is 1. The summed E-state index contributed by atoms with van der Waals surface area (Å²) in [4.78, 5) is 11.0. The molecule has 0 radical (unpaired) electrons. The van der Waals surface area contributed by atoms with E-state index in [9.17, 15) is 9.90 Å². The number of hydrogen-bond acceptors (Lipinski definition) is 4. The molecule has 1 aromatic heterocycles. The Balaban J connectivity index is 1.85. The van der Waals surface area contributed by atoms with E-state index in [0.29, 0.717) is 22.5 Å². The number of rotatable bonds is 5. The monoisotopic (exact) mass is 337 g/mol. The SMILES string of the molecule is Cc1cc(Nc2ccn(-c3ccccc3)n2)cc(C)c1C(O)C(=O)O. The van der Waals surface area contributed by atoms with Gasteiger partial charge in [-0.3, -0.25) is 0 Å². The van der Waals surface area contributed by atoms with Gasteiger partial charge >= 0.3 is 5.97 Å². The van der Waals surface area contributed by atoms with Crippen molar-refractivity contribution in [2.45, 2.75) is 20.0 Å². The summed E-state index contributed by atoms with van der Waals surface area (Å²) in [5.74, 6) is -0.581. The highest BCUT2D eigenvalue weighted by Crippen LogP contribution is 2.27. The van der Waals surface area contributed by atoms with Crippen LogP contribution < -0.4 is 5.32 Å². The number of hydrogen-bond donors (Lipinski definition) is 3. The van der Waals surface area contributed by atoms with Crippen LogP contribution in [0, 0.1) is 13.8 Å². The Morgan fingerprint density at radius 1 is 1.12 bits per heavy atom. The summed E-state index contributed by atoms with van der Waals surface area (Å²) in [5, 5.41) is 26.5. The molecule has 6 nitrogen and oxygen atoms in total. The van der Waals surface area contributed by atoms with Gasteiger partial charge in [-0.2, -0.15) is 5.10 Å². The molecule has 1 unspecified atom stereocenters. The highest BCUT2D eigenvalue weighted by atomic mass is 16.4. The number of aliphatic carboxylic acids is 1. The number of anilines is 2. The number of para-hydroxylation sites is 1. The maximum absolute atomic E-state index is 11.0. The molecule has 3 N–H and O–H groups in total. The predicted molar refractivity (Wildman–Crippen MR) is 95.4 cm³/mol. The van der Waals surface area contributed by atoms with Crippen molar-refractivity contribution in [1.82, 2.24) is 9.78 Å². The molecule has 0 aliphatic carbocycles. The van der Waals surface area contributed by atoms with E-state index in [-0.39, 0.29) is 0 Å². The summed E-state index contributed by atoms with van der Waals surface area (Å²) in [7, 11) is 0. The van der Waals surface area contributed by atoms with Gasteiger partial charge in [-0.25, -0.2) is 9.48 Å². The normalized spacial score (nSPS) is 12.0. The number of carboxylic acids is 1. The molecule has 0 saturated heterocycles. The first-order chi connectivity index (χ1) is 12.0. The van der Waals surface area contributed by atoms with E-state index in [1.54, 1.807) is 30.7 Å². The number of aliphatic hydroxyl groups is 1. The fraction of sp³-hybridized carbons (Fsp3) is 0.158. The fourth-order valence-electron chi connectivity index (χ4n) is 2.86. The van der Waals surface area contributed by atoms with Crippen LogP contribution in [0.25, 0.3) is 5.69 Å². The van der Waals surface area contributed by atoms with E-state index < -0.39 is 12.1 Å². The van der Waals surface area contributed by atoms with Crippen LogP contribution in [-0.2, 0) is 4.79 Å². The lowest BCUT2D eigenvalue weighted by atomic mass is 9.97. The van der Waals surface area contributed by atoms with Gasteiger partial charge in [0, 0.05) is 18.0 Å². The molecule has 0 aliphatic heterocycles. The van der Waals surface area contributed by atoms with Crippen molar-refractivity contribution in [3.8, 4) is 5.69 Å². The Morgan fingerprint density at radius 2 is 1.76 bits per heavy atom. The molecule has 0 amide bonds. The van der Waals surface area contributed by atoms with Crippen molar-refractivity contribution in [3.05, 3.63) is 71.4 Å². The van der Waals surface area contributed by atoms with Gasteiger partial charge in [-0.1, -0.05) is 18.2 Å². The minimum absolute atomic E-state index is 0.424. The highest BCUT2D eigenvalue weighted by Gasteiger charge is 2.20. The van der Waals surface area contributed by atoms with Gasteiger partial charge in [0.25, 0.3) is 0 Å². The fourth-order valence-corrected chi connectivity index (χ4v) is 2.86. The Bertz CT molecular complexity index is 880. The number of carboxylic acid groups (broad SMARTS) is 1. The number of aliphatic hydroxyl groups excluding tert-OH is 1. The zero-order valence-corrected chi connectivity index (χ0v) is 14.0. The molecule has 6 heteroatoms. The zero-order valence-electron chi connectivity index (χ0n) is 14.0. The van der Waals surface area contributed by atoms with Crippen molar-refractivity contribution in [2.24, 2.45) is 0 Å². The van der Waals surface area contributed by atoms with Crippen LogP contribution in [0.4, 0.5) is 11.5 Å². The van der Waals surface area contributed by atoms with E-state index in [2.05, 4.69) is 10.4 Å². The number of aromatic nitrogens is 2. The van der Waals surface area contributed by atoms with Gasteiger partial charge in [0.2, 0.25) is 0 Å². The number of aryl methyl sites for hydroxylation is 2. The van der Waals surface area contributed by atoms with Crippen LogP contribution in [-0.4, -0.2) is 26.0 Å². The third-order valence-electron chi connectivity index (χ3n) is 3.98. The maximum atomic E-state index is 11.0. The molecule has 3 aromatic rings. The predicted octanol–water partition coefficient (Wildman–Crippen LogP) is 3.35. The molecule has 0 fully saturated rings. The molecule has 0 aliphatic rings. The average molecular weight is 337 g/mol. The van der Waals surface area contributed by atoms with Crippen molar-refractivity contribution < 1.29 is 15.0 Å². The van der Waals surface area contributed by atoms with Gasteiger partial charge in [0.15, 0.2) is 11.9 Å². The Kier molecular flexibility index (Phi) is 4.54. The molecule has 0 saturated carbocycles. The lowest BCUT2D eigenvalue weighted by molar-refractivity contribution is -0.147. The van der Waals surface area contributed by atoms with Crippen molar-refractivity contribution in [1.29, 1.82) is 0 Å².